The second-order valence-electron chi connectivity index (χ2n) is 8.80. The molecule has 0 aromatic carbocycles. The van der Waals surface area contributed by atoms with Crippen LogP contribution in [0.3, 0.4) is 0 Å². The summed E-state index contributed by atoms with van der Waals surface area (Å²) in [6.45, 7) is 11.5. The fourth-order valence-corrected chi connectivity index (χ4v) is 6.74. The Balaban J connectivity index is 1.50. The van der Waals surface area contributed by atoms with Crippen LogP contribution in [-0.2, 0) is 19.6 Å². The lowest BCUT2D eigenvalue weighted by molar-refractivity contribution is -0.127. The van der Waals surface area contributed by atoms with Crippen molar-refractivity contribution in [2.45, 2.75) is 62.5 Å². The molecule has 2 atom stereocenters. The number of morpholine rings is 1. The minimum atomic E-state index is -3.43. The molecule has 2 saturated heterocycles. The van der Waals surface area contributed by atoms with Gasteiger partial charge in [-0.05, 0) is 52.0 Å². The van der Waals surface area contributed by atoms with Gasteiger partial charge in [-0.3, -0.25) is 9.69 Å². The Morgan fingerprint density at radius 3 is 2.41 bits per heavy atom. The van der Waals surface area contributed by atoms with Crippen molar-refractivity contribution in [1.29, 1.82) is 0 Å². The molecule has 1 aromatic heterocycles. The van der Waals surface area contributed by atoms with Gasteiger partial charge in [0, 0.05) is 44.2 Å². The lowest BCUT2D eigenvalue weighted by Gasteiger charge is -2.45. The highest BCUT2D eigenvalue weighted by Crippen LogP contribution is 2.27. The molecular formula is C20H33N3O4S2. The topological polar surface area (TPSA) is 79.0 Å². The molecule has 2 aliphatic heterocycles. The number of piperidine rings is 1. The van der Waals surface area contributed by atoms with Crippen molar-refractivity contribution >= 4 is 27.3 Å². The van der Waals surface area contributed by atoms with Gasteiger partial charge in [0.25, 0.3) is 10.0 Å². The molecule has 9 heteroatoms. The Bertz CT molecular complexity index is 777. The zero-order valence-electron chi connectivity index (χ0n) is 17.8. The maximum Gasteiger partial charge on any atom is 0.252 e. The molecule has 29 heavy (non-hydrogen) atoms. The van der Waals surface area contributed by atoms with E-state index in [4.69, 9.17) is 4.74 Å². The SMILES string of the molecule is C[C@@H]1CN(C(C)(C)CNC(=O)C2CCN(S(=O)(=O)c3cccs3)CC2)C[C@@H](C)O1. The number of amides is 1. The van der Waals surface area contributed by atoms with E-state index in [1.165, 1.54) is 15.6 Å². The minimum absolute atomic E-state index is 0.0283. The van der Waals surface area contributed by atoms with Gasteiger partial charge >= 0.3 is 0 Å². The van der Waals surface area contributed by atoms with E-state index >= 15 is 0 Å². The molecule has 164 valence electrons. The van der Waals surface area contributed by atoms with Crippen molar-refractivity contribution in [3.63, 3.8) is 0 Å². The summed E-state index contributed by atoms with van der Waals surface area (Å²) in [6.07, 6.45) is 1.48. The molecule has 1 amide bonds. The molecule has 0 unspecified atom stereocenters. The van der Waals surface area contributed by atoms with Crippen molar-refractivity contribution in [3.05, 3.63) is 17.5 Å². The summed E-state index contributed by atoms with van der Waals surface area (Å²) < 4.78 is 32.9. The van der Waals surface area contributed by atoms with E-state index in [9.17, 15) is 13.2 Å². The lowest BCUT2D eigenvalue weighted by Crippen LogP contribution is -2.59. The van der Waals surface area contributed by atoms with E-state index < -0.39 is 10.0 Å². The van der Waals surface area contributed by atoms with Gasteiger partial charge in [-0.2, -0.15) is 4.31 Å². The molecule has 2 fully saturated rings. The largest absolute Gasteiger partial charge is 0.373 e. The molecule has 0 radical (unpaired) electrons. The van der Waals surface area contributed by atoms with Gasteiger partial charge in [0.1, 0.15) is 4.21 Å². The number of hydrogen-bond donors (Lipinski definition) is 1. The van der Waals surface area contributed by atoms with Gasteiger partial charge in [0.2, 0.25) is 5.91 Å². The van der Waals surface area contributed by atoms with Gasteiger partial charge in [0.15, 0.2) is 0 Å². The normalized spacial score (nSPS) is 25.8. The fourth-order valence-electron chi connectivity index (χ4n) is 4.13. The monoisotopic (exact) mass is 443 g/mol. The maximum atomic E-state index is 12.7. The summed E-state index contributed by atoms with van der Waals surface area (Å²) in [5.74, 6) is -0.108. The van der Waals surface area contributed by atoms with Crippen LogP contribution in [-0.4, -0.2) is 74.0 Å². The Kier molecular flexibility index (Phi) is 7.05. The van der Waals surface area contributed by atoms with Crippen LogP contribution < -0.4 is 5.32 Å². The van der Waals surface area contributed by atoms with Crippen molar-refractivity contribution in [2.24, 2.45) is 5.92 Å². The number of nitrogens with zero attached hydrogens (tertiary/aromatic N) is 2. The molecule has 2 aliphatic rings. The summed E-state index contributed by atoms with van der Waals surface area (Å²) in [7, 11) is -3.43. The third-order valence-electron chi connectivity index (χ3n) is 5.88. The van der Waals surface area contributed by atoms with Crippen LogP contribution >= 0.6 is 11.3 Å². The summed E-state index contributed by atoms with van der Waals surface area (Å²) in [5, 5.41) is 4.88. The average molecular weight is 444 g/mol. The number of thiophene rings is 1. The van der Waals surface area contributed by atoms with Crippen LogP contribution in [0.25, 0.3) is 0 Å². The third kappa shape index (κ3) is 5.38. The molecule has 1 aromatic rings. The summed E-state index contributed by atoms with van der Waals surface area (Å²) in [5.41, 5.74) is -0.162. The summed E-state index contributed by atoms with van der Waals surface area (Å²) in [4.78, 5) is 15.1. The van der Waals surface area contributed by atoms with Crippen molar-refractivity contribution in [1.82, 2.24) is 14.5 Å². The van der Waals surface area contributed by atoms with E-state index in [1.54, 1.807) is 17.5 Å². The van der Waals surface area contributed by atoms with Crippen molar-refractivity contribution in [2.75, 3.05) is 32.7 Å². The van der Waals surface area contributed by atoms with Crippen LogP contribution in [0.4, 0.5) is 0 Å². The zero-order valence-corrected chi connectivity index (χ0v) is 19.4. The van der Waals surface area contributed by atoms with Crippen LogP contribution in [0.5, 0.6) is 0 Å². The predicted molar refractivity (Wildman–Crippen MR) is 114 cm³/mol. The molecule has 3 rings (SSSR count). The number of rotatable bonds is 6. The average Bonchev–Trinajstić information content (AvgIpc) is 3.21. The number of carbonyl (C=O) groups is 1. The molecule has 0 saturated carbocycles. The second-order valence-corrected chi connectivity index (χ2v) is 11.9. The smallest absolute Gasteiger partial charge is 0.252 e. The standard InChI is InChI=1S/C20H33N3O4S2/c1-15-12-22(13-16(2)27-15)20(3,4)14-21-19(24)17-7-9-23(10-8-17)29(25,26)18-6-5-11-28-18/h5-6,11,15-17H,7-10,12-14H2,1-4H3,(H,21,24)/t15-,16-/m1/s1. The lowest BCUT2D eigenvalue weighted by atomic mass is 9.95. The van der Waals surface area contributed by atoms with Gasteiger partial charge in [-0.25, -0.2) is 8.42 Å². The first-order valence-electron chi connectivity index (χ1n) is 10.3. The molecule has 0 aliphatic carbocycles. The fraction of sp³-hybridized carbons (Fsp3) is 0.750. The Morgan fingerprint density at radius 2 is 1.86 bits per heavy atom. The first kappa shape index (κ1) is 22.7. The number of hydrogen-bond acceptors (Lipinski definition) is 6. The second kappa shape index (κ2) is 9.01. The van der Waals surface area contributed by atoms with Gasteiger partial charge in [-0.1, -0.05) is 6.07 Å². The highest BCUT2D eigenvalue weighted by atomic mass is 32.2. The molecule has 3 heterocycles. The van der Waals surface area contributed by atoms with E-state index in [0.717, 1.165) is 13.1 Å². The van der Waals surface area contributed by atoms with Crippen molar-refractivity contribution < 1.29 is 17.9 Å². The van der Waals surface area contributed by atoms with Gasteiger partial charge in [-0.15, -0.1) is 11.3 Å². The van der Waals surface area contributed by atoms with Crippen LogP contribution in [0, 0.1) is 5.92 Å². The van der Waals surface area contributed by atoms with Crippen LogP contribution in [0.2, 0.25) is 0 Å². The number of ether oxygens (including phenoxy) is 1. The van der Waals surface area contributed by atoms with E-state index in [0.29, 0.717) is 36.7 Å². The van der Waals surface area contributed by atoms with Gasteiger partial charge < -0.3 is 10.1 Å². The molecule has 7 nitrogen and oxygen atoms in total. The highest BCUT2D eigenvalue weighted by molar-refractivity contribution is 7.91. The van der Waals surface area contributed by atoms with E-state index in [1.807, 2.05) is 0 Å². The number of carbonyl (C=O) groups excluding carboxylic acids is 1. The van der Waals surface area contributed by atoms with Crippen molar-refractivity contribution in [3.8, 4) is 0 Å². The van der Waals surface area contributed by atoms with Crippen LogP contribution in [0.15, 0.2) is 21.7 Å². The summed E-state index contributed by atoms with van der Waals surface area (Å²) >= 11 is 1.23. The number of sulfonamides is 1. The molecule has 0 spiro atoms. The van der Waals surface area contributed by atoms with E-state index in [2.05, 4.69) is 37.9 Å². The number of nitrogens with one attached hydrogen (secondary N) is 1. The third-order valence-corrected chi connectivity index (χ3v) is 9.16. The van der Waals surface area contributed by atoms with Crippen LogP contribution in [0.1, 0.15) is 40.5 Å². The minimum Gasteiger partial charge on any atom is -0.373 e. The first-order chi connectivity index (χ1) is 13.6. The quantitative estimate of drug-likeness (QED) is 0.729. The highest BCUT2D eigenvalue weighted by Gasteiger charge is 2.35. The Labute approximate surface area is 178 Å². The Morgan fingerprint density at radius 1 is 1.24 bits per heavy atom. The predicted octanol–water partition coefficient (Wildman–Crippen LogP) is 2.15. The first-order valence-corrected chi connectivity index (χ1v) is 12.6. The maximum absolute atomic E-state index is 12.7. The Hall–Kier alpha value is -1.00. The summed E-state index contributed by atoms with van der Waals surface area (Å²) in [6, 6.07) is 3.38. The molecule has 0 bridgehead atoms. The molecule has 1 N–H and O–H groups in total. The van der Waals surface area contributed by atoms with Gasteiger partial charge in [0.05, 0.1) is 12.2 Å². The zero-order chi connectivity index (χ0) is 21.2. The van der Waals surface area contributed by atoms with E-state index in [-0.39, 0.29) is 29.6 Å². The molecular weight excluding hydrogens is 410 g/mol.